The minimum atomic E-state index is 0.146. The first-order valence-corrected chi connectivity index (χ1v) is 10.8. The predicted molar refractivity (Wildman–Crippen MR) is 118 cm³/mol. The van der Waals surface area contributed by atoms with Gasteiger partial charge in [-0.05, 0) is 55.8 Å². The molecule has 3 aromatic heterocycles. The van der Waals surface area contributed by atoms with Gasteiger partial charge in [-0.15, -0.1) is 0 Å². The van der Waals surface area contributed by atoms with Crippen LogP contribution in [0.15, 0.2) is 43.1 Å². The van der Waals surface area contributed by atoms with Crippen LogP contribution >= 0.6 is 0 Å². The molecule has 1 aliphatic rings. The summed E-state index contributed by atoms with van der Waals surface area (Å²) in [4.78, 5) is 32.9. The van der Waals surface area contributed by atoms with E-state index < -0.39 is 0 Å². The molecule has 1 saturated heterocycles. The molecular weight excluding hydrogens is 374 g/mol. The number of nitrogens with zero attached hydrogens (tertiary/aromatic N) is 5. The van der Waals surface area contributed by atoms with Crippen molar-refractivity contribution >= 4 is 16.6 Å². The smallest absolute Gasteiger partial charge is 0.141 e. The number of likely N-dealkylation sites (tertiary alicyclic amines) is 1. The number of hydrogen-bond acceptors (Lipinski definition) is 6. The summed E-state index contributed by atoms with van der Waals surface area (Å²) in [6.45, 7) is 7.75. The standard InChI is InChI=1S/C24H29N5O/c1-17(2)16-29-8-3-4-18(5-9-29)24(30)12-21-10-19-11-22(23-15-25-6-7-26-23)28-14-20(19)13-27-21/h6-7,10-11,13-15,17-18H,3-5,8-9,12,16H2,1-2H3. The number of pyridine rings is 2. The molecule has 6 heteroatoms. The summed E-state index contributed by atoms with van der Waals surface area (Å²) in [5, 5.41) is 1.98. The lowest BCUT2D eigenvalue weighted by molar-refractivity contribution is -0.122. The van der Waals surface area contributed by atoms with Crippen molar-refractivity contribution in [3.8, 4) is 11.4 Å². The Morgan fingerprint density at radius 2 is 1.87 bits per heavy atom. The summed E-state index contributed by atoms with van der Waals surface area (Å²) >= 11 is 0. The molecule has 0 amide bonds. The first-order valence-electron chi connectivity index (χ1n) is 10.8. The van der Waals surface area contributed by atoms with E-state index in [9.17, 15) is 4.79 Å². The molecule has 1 aliphatic heterocycles. The summed E-state index contributed by atoms with van der Waals surface area (Å²) in [5.74, 6) is 1.13. The van der Waals surface area contributed by atoms with Gasteiger partial charge < -0.3 is 4.90 Å². The zero-order valence-corrected chi connectivity index (χ0v) is 17.8. The van der Waals surface area contributed by atoms with E-state index >= 15 is 0 Å². The predicted octanol–water partition coefficient (Wildman–Crippen LogP) is 3.96. The molecule has 4 rings (SSSR count). The molecule has 1 atom stereocenters. The van der Waals surface area contributed by atoms with E-state index in [-0.39, 0.29) is 5.92 Å². The summed E-state index contributed by atoms with van der Waals surface area (Å²) < 4.78 is 0. The molecule has 0 N–H and O–H groups in total. The van der Waals surface area contributed by atoms with Gasteiger partial charge in [0.2, 0.25) is 0 Å². The molecule has 0 bridgehead atoms. The highest BCUT2D eigenvalue weighted by Crippen LogP contribution is 2.23. The van der Waals surface area contributed by atoms with Crippen LogP contribution in [-0.4, -0.2) is 50.3 Å². The summed E-state index contributed by atoms with van der Waals surface area (Å²) in [6.07, 6.45) is 12.1. The van der Waals surface area contributed by atoms with Crippen LogP contribution in [0, 0.1) is 11.8 Å². The Kier molecular flexibility index (Phi) is 6.43. The molecule has 0 radical (unpaired) electrons. The number of fused-ring (bicyclic) bond motifs is 1. The zero-order chi connectivity index (χ0) is 20.9. The van der Waals surface area contributed by atoms with Gasteiger partial charge in [0.05, 0.1) is 11.9 Å². The fourth-order valence-electron chi connectivity index (χ4n) is 4.25. The molecule has 0 saturated carbocycles. The van der Waals surface area contributed by atoms with Crippen LogP contribution in [0.2, 0.25) is 0 Å². The first kappa shape index (κ1) is 20.5. The van der Waals surface area contributed by atoms with Crippen molar-refractivity contribution in [1.82, 2.24) is 24.8 Å². The number of Topliss-reactive ketones (excluding diaryl/α,β-unsaturated/α-hetero) is 1. The number of aromatic nitrogens is 4. The Labute approximate surface area is 177 Å². The average Bonchev–Trinajstić information content (AvgIpc) is 2.99. The molecule has 156 valence electrons. The Morgan fingerprint density at radius 3 is 2.67 bits per heavy atom. The van der Waals surface area contributed by atoms with Gasteiger partial charge in [0.25, 0.3) is 0 Å². The fraction of sp³-hybridized carbons (Fsp3) is 0.458. The molecule has 3 aromatic rings. The van der Waals surface area contributed by atoms with Gasteiger partial charge in [-0.2, -0.15) is 0 Å². The highest BCUT2D eigenvalue weighted by molar-refractivity contribution is 5.87. The molecule has 1 fully saturated rings. The third-order valence-corrected chi connectivity index (χ3v) is 5.74. The number of hydrogen-bond donors (Lipinski definition) is 0. The topological polar surface area (TPSA) is 71.9 Å². The lowest BCUT2D eigenvalue weighted by Crippen LogP contribution is -2.29. The maximum absolute atomic E-state index is 13.0. The normalized spacial score (nSPS) is 17.9. The fourth-order valence-corrected chi connectivity index (χ4v) is 4.25. The van der Waals surface area contributed by atoms with Gasteiger partial charge in [-0.25, -0.2) is 0 Å². The minimum Gasteiger partial charge on any atom is -0.303 e. The second kappa shape index (κ2) is 9.39. The third kappa shape index (κ3) is 5.05. The van der Waals surface area contributed by atoms with Crippen molar-refractivity contribution in [3.05, 3.63) is 48.8 Å². The number of rotatable bonds is 6. The molecule has 30 heavy (non-hydrogen) atoms. The minimum absolute atomic E-state index is 0.146. The third-order valence-electron chi connectivity index (χ3n) is 5.74. The van der Waals surface area contributed by atoms with Crippen molar-refractivity contribution in [2.75, 3.05) is 19.6 Å². The second-order valence-corrected chi connectivity index (χ2v) is 8.65. The average molecular weight is 404 g/mol. The van der Waals surface area contributed by atoms with E-state index in [1.54, 1.807) is 24.8 Å². The van der Waals surface area contributed by atoms with Crippen LogP contribution in [0.1, 0.15) is 38.8 Å². The Morgan fingerprint density at radius 1 is 1.00 bits per heavy atom. The molecule has 0 aromatic carbocycles. The first-order chi connectivity index (χ1) is 14.6. The number of carbonyl (C=O) groups is 1. The van der Waals surface area contributed by atoms with Gasteiger partial charge >= 0.3 is 0 Å². The molecule has 0 spiro atoms. The van der Waals surface area contributed by atoms with Gasteiger partial charge in [0.1, 0.15) is 11.5 Å². The lowest BCUT2D eigenvalue weighted by Gasteiger charge is -2.22. The van der Waals surface area contributed by atoms with E-state index in [2.05, 4.69) is 38.7 Å². The Balaban J connectivity index is 1.46. The van der Waals surface area contributed by atoms with Crippen LogP contribution in [0.5, 0.6) is 0 Å². The summed E-state index contributed by atoms with van der Waals surface area (Å²) in [6, 6.07) is 4.00. The zero-order valence-electron chi connectivity index (χ0n) is 17.8. The van der Waals surface area contributed by atoms with Crippen molar-refractivity contribution in [2.24, 2.45) is 11.8 Å². The van der Waals surface area contributed by atoms with Gasteiger partial charge in [0, 0.05) is 54.8 Å². The Hall–Kier alpha value is -2.73. The van der Waals surface area contributed by atoms with E-state index in [1.807, 2.05) is 18.3 Å². The van der Waals surface area contributed by atoms with E-state index in [4.69, 9.17) is 0 Å². The highest BCUT2D eigenvalue weighted by Gasteiger charge is 2.23. The molecule has 0 aliphatic carbocycles. The monoisotopic (exact) mass is 403 g/mol. The van der Waals surface area contributed by atoms with Crippen molar-refractivity contribution < 1.29 is 4.79 Å². The largest absolute Gasteiger partial charge is 0.303 e. The maximum atomic E-state index is 13.0. The SMILES string of the molecule is CC(C)CN1CCCC(C(=O)Cc2cc3cc(-c4cnccn4)ncc3cn2)CC1. The quantitative estimate of drug-likeness (QED) is 0.620. The highest BCUT2D eigenvalue weighted by atomic mass is 16.1. The van der Waals surface area contributed by atoms with Crippen LogP contribution in [0.4, 0.5) is 0 Å². The van der Waals surface area contributed by atoms with Gasteiger partial charge in [-0.1, -0.05) is 13.8 Å². The summed E-state index contributed by atoms with van der Waals surface area (Å²) in [7, 11) is 0. The van der Waals surface area contributed by atoms with Gasteiger partial charge in [-0.3, -0.25) is 24.7 Å². The van der Waals surface area contributed by atoms with Gasteiger partial charge in [0.15, 0.2) is 0 Å². The number of ketones is 1. The van der Waals surface area contributed by atoms with Crippen molar-refractivity contribution in [1.29, 1.82) is 0 Å². The van der Waals surface area contributed by atoms with Crippen molar-refractivity contribution in [3.63, 3.8) is 0 Å². The molecule has 4 heterocycles. The number of carbonyl (C=O) groups excluding carboxylic acids is 1. The maximum Gasteiger partial charge on any atom is 0.141 e. The van der Waals surface area contributed by atoms with E-state index in [0.717, 1.165) is 66.8 Å². The molecule has 1 unspecified atom stereocenters. The second-order valence-electron chi connectivity index (χ2n) is 8.65. The van der Waals surface area contributed by atoms with E-state index in [0.29, 0.717) is 18.1 Å². The molecular formula is C24H29N5O. The van der Waals surface area contributed by atoms with Crippen LogP contribution in [-0.2, 0) is 11.2 Å². The molecule has 6 nitrogen and oxygen atoms in total. The van der Waals surface area contributed by atoms with Crippen molar-refractivity contribution in [2.45, 2.75) is 39.5 Å². The lowest BCUT2D eigenvalue weighted by atomic mass is 9.92. The van der Waals surface area contributed by atoms with Crippen LogP contribution in [0.3, 0.4) is 0 Å². The summed E-state index contributed by atoms with van der Waals surface area (Å²) in [5.41, 5.74) is 2.33. The Bertz CT molecular complexity index is 1000. The van der Waals surface area contributed by atoms with Crippen LogP contribution in [0.25, 0.3) is 22.2 Å². The van der Waals surface area contributed by atoms with E-state index in [1.165, 1.54) is 0 Å². The van der Waals surface area contributed by atoms with Crippen LogP contribution < -0.4 is 0 Å².